The zero-order valence-electron chi connectivity index (χ0n) is 12.3. The van der Waals surface area contributed by atoms with Crippen LogP contribution < -0.4 is 10.5 Å². The maximum Gasteiger partial charge on any atom is 0.201 e. The molecule has 2 aromatic rings. The van der Waals surface area contributed by atoms with Gasteiger partial charge in [-0.25, -0.2) is 4.98 Å². The van der Waals surface area contributed by atoms with Crippen molar-refractivity contribution in [3.8, 4) is 5.75 Å². The van der Waals surface area contributed by atoms with E-state index in [9.17, 15) is 0 Å². The Balaban J connectivity index is 2.05. The third-order valence-corrected chi connectivity index (χ3v) is 4.63. The normalized spacial score (nSPS) is 23.1. The van der Waals surface area contributed by atoms with Crippen LogP contribution >= 0.6 is 0 Å². The molecular weight excluding hydrogens is 250 g/mol. The highest BCUT2D eigenvalue weighted by molar-refractivity contribution is 5.84. The topological polar surface area (TPSA) is 53.1 Å². The lowest BCUT2D eigenvalue weighted by molar-refractivity contribution is 0.267. The van der Waals surface area contributed by atoms with E-state index in [0.717, 1.165) is 22.7 Å². The lowest BCUT2D eigenvalue weighted by atomic mass is 9.84. The number of hydrogen-bond acceptors (Lipinski definition) is 3. The van der Waals surface area contributed by atoms with Gasteiger partial charge in [-0.2, -0.15) is 0 Å². The first-order chi connectivity index (χ1) is 9.74. The van der Waals surface area contributed by atoms with Crippen LogP contribution in [0.4, 0.5) is 5.95 Å². The molecule has 1 aliphatic rings. The highest BCUT2D eigenvalue weighted by Crippen LogP contribution is 2.38. The van der Waals surface area contributed by atoms with Crippen LogP contribution in [0.2, 0.25) is 0 Å². The SMILES string of the molecule is CCC1CCCC(n2c(N)nc3c(OC)cccc32)C1. The lowest BCUT2D eigenvalue weighted by Crippen LogP contribution is -2.20. The van der Waals surface area contributed by atoms with E-state index in [1.165, 1.54) is 32.1 Å². The summed E-state index contributed by atoms with van der Waals surface area (Å²) in [6, 6.07) is 6.52. The fraction of sp³-hybridized carbons (Fsp3) is 0.562. The van der Waals surface area contributed by atoms with E-state index >= 15 is 0 Å². The zero-order chi connectivity index (χ0) is 14.1. The Bertz CT molecular complexity index is 605. The highest BCUT2D eigenvalue weighted by Gasteiger charge is 2.25. The molecule has 4 nitrogen and oxygen atoms in total. The van der Waals surface area contributed by atoms with Crippen molar-refractivity contribution < 1.29 is 4.74 Å². The number of imidazole rings is 1. The van der Waals surface area contributed by atoms with Gasteiger partial charge in [0.1, 0.15) is 11.3 Å². The Kier molecular flexibility index (Phi) is 3.55. The molecule has 1 heterocycles. The monoisotopic (exact) mass is 273 g/mol. The van der Waals surface area contributed by atoms with Gasteiger partial charge in [-0.3, -0.25) is 0 Å². The van der Waals surface area contributed by atoms with Crippen LogP contribution in [-0.4, -0.2) is 16.7 Å². The average molecular weight is 273 g/mol. The molecule has 20 heavy (non-hydrogen) atoms. The van der Waals surface area contributed by atoms with Crippen molar-refractivity contribution in [3.05, 3.63) is 18.2 Å². The van der Waals surface area contributed by atoms with Crippen molar-refractivity contribution in [2.45, 2.75) is 45.1 Å². The molecule has 2 atom stereocenters. The van der Waals surface area contributed by atoms with Crippen LogP contribution in [0.5, 0.6) is 5.75 Å². The maximum atomic E-state index is 6.19. The molecule has 1 saturated carbocycles. The number of para-hydroxylation sites is 1. The van der Waals surface area contributed by atoms with E-state index in [0.29, 0.717) is 12.0 Å². The smallest absolute Gasteiger partial charge is 0.201 e. The summed E-state index contributed by atoms with van der Waals surface area (Å²) in [4.78, 5) is 4.53. The van der Waals surface area contributed by atoms with Gasteiger partial charge in [0.25, 0.3) is 0 Å². The first kappa shape index (κ1) is 13.3. The number of hydrogen-bond donors (Lipinski definition) is 1. The third-order valence-electron chi connectivity index (χ3n) is 4.63. The van der Waals surface area contributed by atoms with E-state index in [2.05, 4.69) is 22.5 Å². The van der Waals surface area contributed by atoms with E-state index < -0.39 is 0 Å². The summed E-state index contributed by atoms with van der Waals surface area (Å²) < 4.78 is 7.62. The largest absolute Gasteiger partial charge is 0.494 e. The Morgan fingerprint density at radius 3 is 3.00 bits per heavy atom. The van der Waals surface area contributed by atoms with E-state index in [1.54, 1.807) is 7.11 Å². The van der Waals surface area contributed by atoms with E-state index in [1.807, 2.05) is 12.1 Å². The van der Waals surface area contributed by atoms with Crippen LogP contribution in [0.15, 0.2) is 18.2 Å². The van der Waals surface area contributed by atoms with Gasteiger partial charge in [0.2, 0.25) is 5.95 Å². The lowest BCUT2D eigenvalue weighted by Gasteiger charge is -2.30. The first-order valence-corrected chi connectivity index (χ1v) is 7.55. The second kappa shape index (κ2) is 5.35. The molecule has 1 fully saturated rings. The summed E-state index contributed by atoms with van der Waals surface area (Å²) in [5.41, 5.74) is 8.17. The predicted octanol–water partition coefficient (Wildman–Crippen LogP) is 3.77. The van der Waals surface area contributed by atoms with Crippen LogP contribution in [0.25, 0.3) is 11.0 Å². The first-order valence-electron chi connectivity index (χ1n) is 7.55. The van der Waals surface area contributed by atoms with Crippen molar-refractivity contribution in [2.24, 2.45) is 5.92 Å². The molecule has 1 aliphatic carbocycles. The molecule has 0 radical (unpaired) electrons. The highest BCUT2D eigenvalue weighted by atomic mass is 16.5. The van der Waals surface area contributed by atoms with Crippen LogP contribution in [-0.2, 0) is 0 Å². The van der Waals surface area contributed by atoms with Gasteiger partial charge >= 0.3 is 0 Å². The number of nitrogens with two attached hydrogens (primary N) is 1. The van der Waals surface area contributed by atoms with Crippen molar-refractivity contribution in [3.63, 3.8) is 0 Å². The average Bonchev–Trinajstić information content (AvgIpc) is 2.83. The Hall–Kier alpha value is -1.71. The molecule has 2 N–H and O–H groups in total. The van der Waals surface area contributed by atoms with E-state index in [-0.39, 0.29) is 0 Å². The van der Waals surface area contributed by atoms with Crippen LogP contribution in [0.3, 0.4) is 0 Å². The van der Waals surface area contributed by atoms with Crippen molar-refractivity contribution in [2.75, 3.05) is 12.8 Å². The summed E-state index contributed by atoms with van der Waals surface area (Å²) in [5, 5.41) is 0. The number of nitrogens with zero attached hydrogens (tertiary/aromatic N) is 2. The van der Waals surface area contributed by atoms with Gasteiger partial charge in [-0.15, -0.1) is 0 Å². The molecule has 2 unspecified atom stereocenters. The molecule has 0 saturated heterocycles. The van der Waals surface area contributed by atoms with E-state index in [4.69, 9.17) is 10.5 Å². The summed E-state index contributed by atoms with van der Waals surface area (Å²) in [6.07, 6.45) is 6.30. The molecule has 1 aromatic carbocycles. The molecule has 0 aliphatic heterocycles. The molecule has 1 aromatic heterocycles. The molecular formula is C16H23N3O. The Morgan fingerprint density at radius 1 is 1.40 bits per heavy atom. The van der Waals surface area contributed by atoms with Crippen LogP contribution in [0, 0.1) is 5.92 Å². The minimum atomic E-state index is 0.478. The summed E-state index contributed by atoms with van der Waals surface area (Å²) >= 11 is 0. The van der Waals surface area contributed by atoms with Crippen molar-refractivity contribution in [1.29, 1.82) is 0 Å². The standard InChI is InChI=1S/C16H23N3O/c1-3-11-6-4-7-12(10-11)19-13-8-5-9-14(20-2)15(13)18-16(19)17/h5,8-9,11-12H,3-4,6-7,10H2,1-2H3,(H2,17,18). The number of fused-ring (bicyclic) bond motifs is 1. The van der Waals surface area contributed by atoms with Gasteiger partial charge in [-0.05, 0) is 30.9 Å². The second-order valence-electron chi connectivity index (χ2n) is 5.76. The minimum absolute atomic E-state index is 0.478. The fourth-order valence-electron chi connectivity index (χ4n) is 3.53. The molecule has 0 amide bonds. The molecule has 0 spiro atoms. The number of rotatable bonds is 3. The summed E-state index contributed by atoms with van der Waals surface area (Å²) in [7, 11) is 1.68. The van der Waals surface area contributed by atoms with Crippen molar-refractivity contribution in [1.82, 2.24) is 9.55 Å². The predicted molar refractivity (Wildman–Crippen MR) is 82.0 cm³/mol. The quantitative estimate of drug-likeness (QED) is 0.926. The summed E-state index contributed by atoms with van der Waals surface area (Å²) in [6.45, 7) is 2.28. The Labute approximate surface area is 119 Å². The minimum Gasteiger partial charge on any atom is -0.494 e. The second-order valence-corrected chi connectivity index (χ2v) is 5.76. The Morgan fingerprint density at radius 2 is 2.25 bits per heavy atom. The number of aromatic nitrogens is 2. The third kappa shape index (κ3) is 2.13. The number of ether oxygens (including phenoxy) is 1. The maximum absolute atomic E-state index is 6.19. The molecule has 0 bridgehead atoms. The van der Waals surface area contributed by atoms with Gasteiger partial charge in [0, 0.05) is 6.04 Å². The number of nitrogen functional groups attached to an aromatic ring is 1. The molecule has 108 valence electrons. The van der Waals surface area contributed by atoms with Gasteiger partial charge in [0.15, 0.2) is 0 Å². The van der Waals surface area contributed by atoms with Gasteiger partial charge in [0.05, 0.1) is 12.6 Å². The molecule has 4 heteroatoms. The number of benzene rings is 1. The van der Waals surface area contributed by atoms with Gasteiger partial charge in [-0.1, -0.05) is 32.3 Å². The number of anilines is 1. The fourth-order valence-corrected chi connectivity index (χ4v) is 3.53. The van der Waals surface area contributed by atoms with Crippen LogP contribution in [0.1, 0.15) is 45.1 Å². The van der Waals surface area contributed by atoms with Gasteiger partial charge < -0.3 is 15.0 Å². The van der Waals surface area contributed by atoms with Crippen molar-refractivity contribution >= 4 is 17.0 Å². The zero-order valence-corrected chi connectivity index (χ0v) is 12.3. The number of methoxy groups -OCH3 is 1. The summed E-state index contributed by atoms with van der Waals surface area (Å²) in [5.74, 6) is 2.23. The molecule has 3 rings (SSSR count).